The largest absolute Gasteiger partial charge is 0.508 e. The van der Waals surface area contributed by atoms with Gasteiger partial charge in [-0.25, -0.2) is 4.99 Å². The Morgan fingerprint density at radius 3 is 2.81 bits per heavy atom. The van der Waals surface area contributed by atoms with E-state index in [4.69, 9.17) is 14.2 Å². The lowest BCUT2D eigenvalue weighted by molar-refractivity contribution is 0.174. The van der Waals surface area contributed by atoms with Crippen molar-refractivity contribution in [3.05, 3.63) is 47.5 Å². The van der Waals surface area contributed by atoms with Crippen LogP contribution < -0.4 is 19.5 Å². The van der Waals surface area contributed by atoms with Gasteiger partial charge in [0.15, 0.2) is 17.5 Å². The van der Waals surface area contributed by atoms with Crippen LogP contribution in [0.3, 0.4) is 0 Å². The molecule has 0 unspecified atom stereocenters. The number of aromatic hydroxyl groups is 1. The zero-order valence-electron chi connectivity index (χ0n) is 15.9. The van der Waals surface area contributed by atoms with E-state index < -0.39 is 0 Å². The van der Waals surface area contributed by atoms with Crippen LogP contribution in [0, 0.1) is 0 Å². The molecule has 7 nitrogen and oxygen atoms in total. The molecule has 1 aliphatic heterocycles. The van der Waals surface area contributed by atoms with E-state index in [0.717, 1.165) is 29.6 Å². The molecular formula is C20H25N3O4. The second-order valence-electron chi connectivity index (χ2n) is 6.21. The highest BCUT2D eigenvalue weighted by molar-refractivity contribution is 5.79. The molecule has 2 N–H and O–H groups in total. The van der Waals surface area contributed by atoms with E-state index in [-0.39, 0.29) is 12.5 Å². The number of phenolic OH excluding ortho intramolecular Hbond substituents is 1. The number of hydrogen-bond donors (Lipinski definition) is 2. The van der Waals surface area contributed by atoms with Crippen LogP contribution >= 0.6 is 0 Å². The number of nitrogens with one attached hydrogen (secondary N) is 1. The standard InChI is InChI=1S/C20H25N3O4/c1-4-21-20(22-11-15-10-16(25-3)6-7-17(15)24)23(2)12-14-5-8-18-19(9-14)27-13-26-18/h5-10,24H,4,11-13H2,1-3H3,(H,21,22). The number of guanidine groups is 1. The number of phenols is 1. The van der Waals surface area contributed by atoms with Crippen molar-refractivity contribution in [2.24, 2.45) is 4.99 Å². The van der Waals surface area contributed by atoms with Gasteiger partial charge in [0, 0.05) is 25.7 Å². The van der Waals surface area contributed by atoms with Crippen molar-refractivity contribution in [3.63, 3.8) is 0 Å². The zero-order chi connectivity index (χ0) is 19.2. The molecule has 0 atom stereocenters. The lowest BCUT2D eigenvalue weighted by Crippen LogP contribution is -2.38. The summed E-state index contributed by atoms with van der Waals surface area (Å²) in [5, 5.41) is 13.3. The SMILES string of the molecule is CCNC(=NCc1cc(OC)ccc1O)N(C)Cc1ccc2c(c1)OCO2. The number of fused-ring (bicyclic) bond motifs is 1. The summed E-state index contributed by atoms with van der Waals surface area (Å²) in [5.74, 6) is 3.18. The topological polar surface area (TPSA) is 75.6 Å². The molecule has 0 spiro atoms. The smallest absolute Gasteiger partial charge is 0.231 e. The minimum absolute atomic E-state index is 0.203. The Kier molecular flexibility index (Phi) is 5.90. The first-order valence-electron chi connectivity index (χ1n) is 8.84. The minimum Gasteiger partial charge on any atom is -0.508 e. The van der Waals surface area contributed by atoms with Crippen LogP contribution in [0.2, 0.25) is 0 Å². The van der Waals surface area contributed by atoms with Gasteiger partial charge in [0.1, 0.15) is 11.5 Å². The van der Waals surface area contributed by atoms with Crippen LogP contribution in [0.1, 0.15) is 18.1 Å². The van der Waals surface area contributed by atoms with Gasteiger partial charge >= 0.3 is 0 Å². The molecule has 2 aromatic carbocycles. The summed E-state index contributed by atoms with van der Waals surface area (Å²) in [4.78, 5) is 6.67. The summed E-state index contributed by atoms with van der Waals surface area (Å²) < 4.78 is 16.0. The third-order valence-electron chi connectivity index (χ3n) is 4.24. The molecule has 7 heteroatoms. The highest BCUT2D eigenvalue weighted by Crippen LogP contribution is 2.32. The van der Waals surface area contributed by atoms with Crippen LogP contribution in [0.25, 0.3) is 0 Å². The summed E-state index contributed by atoms with van der Waals surface area (Å²) in [6.45, 7) is 4.04. The maximum Gasteiger partial charge on any atom is 0.231 e. The molecule has 1 heterocycles. The first-order valence-corrected chi connectivity index (χ1v) is 8.84. The normalized spacial score (nSPS) is 12.8. The van der Waals surface area contributed by atoms with E-state index in [2.05, 4.69) is 10.3 Å². The van der Waals surface area contributed by atoms with E-state index in [9.17, 15) is 5.11 Å². The Balaban J connectivity index is 1.73. The third-order valence-corrected chi connectivity index (χ3v) is 4.24. The Labute approximate surface area is 159 Å². The Morgan fingerprint density at radius 1 is 1.22 bits per heavy atom. The fraction of sp³-hybridized carbons (Fsp3) is 0.350. The molecule has 0 aliphatic carbocycles. The molecule has 0 aromatic heterocycles. The van der Waals surface area contributed by atoms with Gasteiger partial charge in [0.05, 0.1) is 13.7 Å². The monoisotopic (exact) mass is 371 g/mol. The van der Waals surface area contributed by atoms with Crippen molar-refractivity contribution < 1.29 is 19.3 Å². The number of nitrogens with zero attached hydrogens (tertiary/aromatic N) is 2. The van der Waals surface area contributed by atoms with Crippen molar-refractivity contribution in [2.45, 2.75) is 20.0 Å². The van der Waals surface area contributed by atoms with Gasteiger partial charge in [-0.3, -0.25) is 0 Å². The predicted molar refractivity (Wildman–Crippen MR) is 104 cm³/mol. The summed E-state index contributed by atoms with van der Waals surface area (Å²) in [7, 11) is 3.57. The molecule has 0 saturated heterocycles. The molecule has 0 fully saturated rings. The second-order valence-corrected chi connectivity index (χ2v) is 6.21. The first-order chi connectivity index (χ1) is 13.1. The lowest BCUT2D eigenvalue weighted by atomic mass is 10.2. The van der Waals surface area contributed by atoms with Crippen LogP contribution in [0.15, 0.2) is 41.4 Å². The van der Waals surface area contributed by atoms with Crippen LogP contribution in [0.4, 0.5) is 0 Å². The molecule has 0 bridgehead atoms. The fourth-order valence-electron chi connectivity index (χ4n) is 2.83. The molecule has 0 amide bonds. The van der Waals surface area contributed by atoms with E-state index >= 15 is 0 Å². The van der Waals surface area contributed by atoms with E-state index in [0.29, 0.717) is 24.4 Å². The molecule has 1 aliphatic rings. The molecular weight excluding hydrogens is 346 g/mol. The van der Waals surface area contributed by atoms with Crippen LogP contribution in [0.5, 0.6) is 23.0 Å². The molecule has 2 aromatic rings. The Bertz CT molecular complexity index is 823. The van der Waals surface area contributed by atoms with Crippen LogP contribution in [-0.4, -0.2) is 43.5 Å². The summed E-state index contributed by atoms with van der Waals surface area (Å²) in [5.41, 5.74) is 1.80. The van der Waals surface area contributed by atoms with Gasteiger partial charge < -0.3 is 29.5 Å². The minimum atomic E-state index is 0.203. The summed E-state index contributed by atoms with van der Waals surface area (Å²) in [6.07, 6.45) is 0. The summed E-state index contributed by atoms with van der Waals surface area (Å²) in [6, 6.07) is 11.0. The number of methoxy groups -OCH3 is 1. The maximum atomic E-state index is 10.1. The zero-order valence-corrected chi connectivity index (χ0v) is 15.9. The van der Waals surface area contributed by atoms with E-state index in [1.165, 1.54) is 0 Å². The molecule has 144 valence electrons. The van der Waals surface area contributed by atoms with Gasteiger partial charge in [-0.15, -0.1) is 0 Å². The van der Waals surface area contributed by atoms with Crippen molar-refractivity contribution in [3.8, 4) is 23.0 Å². The first kappa shape index (κ1) is 18.7. The van der Waals surface area contributed by atoms with Gasteiger partial charge in [-0.2, -0.15) is 0 Å². The van der Waals surface area contributed by atoms with Crippen LogP contribution in [-0.2, 0) is 13.1 Å². The van der Waals surface area contributed by atoms with Gasteiger partial charge in [0.25, 0.3) is 0 Å². The highest BCUT2D eigenvalue weighted by atomic mass is 16.7. The number of benzene rings is 2. The average Bonchev–Trinajstić information content (AvgIpc) is 3.14. The average molecular weight is 371 g/mol. The van der Waals surface area contributed by atoms with E-state index in [1.807, 2.05) is 37.1 Å². The number of rotatable bonds is 6. The van der Waals surface area contributed by atoms with Crippen molar-refractivity contribution in [1.29, 1.82) is 0 Å². The maximum absolute atomic E-state index is 10.1. The fourth-order valence-corrected chi connectivity index (χ4v) is 2.83. The summed E-state index contributed by atoms with van der Waals surface area (Å²) >= 11 is 0. The van der Waals surface area contributed by atoms with Gasteiger partial charge in [-0.1, -0.05) is 6.07 Å². The quantitative estimate of drug-likeness (QED) is 0.601. The molecule has 3 rings (SSSR count). The third kappa shape index (κ3) is 4.55. The second kappa shape index (κ2) is 8.53. The Morgan fingerprint density at radius 2 is 2.04 bits per heavy atom. The lowest BCUT2D eigenvalue weighted by Gasteiger charge is -2.22. The van der Waals surface area contributed by atoms with Gasteiger partial charge in [0.2, 0.25) is 6.79 Å². The van der Waals surface area contributed by atoms with E-state index in [1.54, 1.807) is 25.3 Å². The van der Waals surface area contributed by atoms with Crippen molar-refractivity contribution >= 4 is 5.96 Å². The Hall–Kier alpha value is -3.09. The number of aliphatic imine (C=N–C) groups is 1. The van der Waals surface area contributed by atoms with Crippen molar-refractivity contribution in [2.75, 3.05) is 27.5 Å². The highest BCUT2D eigenvalue weighted by Gasteiger charge is 2.15. The molecule has 0 saturated carbocycles. The molecule has 27 heavy (non-hydrogen) atoms. The predicted octanol–water partition coefficient (Wildman–Crippen LogP) is 2.73. The van der Waals surface area contributed by atoms with Gasteiger partial charge in [-0.05, 0) is 42.8 Å². The number of hydrogen-bond acceptors (Lipinski definition) is 5. The number of ether oxygens (including phenoxy) is 3. The molecule has 0 radical (unpaired) electrons. The van der Waals surface area contributed by atoms with Crippen molar-refractivity contribution in [1.82, 2.24) is 10.2 Å².